The molecular weight excluding hydrogens is 515 g/mol. The Morgan fingerprint density at radius 2 is 1.74 bits per heavy atom. The second kappa shape index (κ2) is 12.4. The molecule has 0 aromatic heterocycles. The molecule has 0 spiro atoms. The number of nitrogens with one attached hydrogen (secondary N) is 1. The first-order valence-corrected chi connectivity index (χ1v) is 11.3. The molecule has 0 radical (unpaired) electrons. The molecule has 0 heterocycles. The van der Waals surface area contributed by atoms with Crippen molar-refractivity contribution in [1.29, 1.82) is 0 Å². The number of rotatable bonds is 9. The highest BCUT2D eigenvalue weighted by Crippen LogP contribution is 2.34. The number of nitrogens with zero attached hydrogens (tertiary/aromatic N) is 1. The first kappa shape index (κ1) is 26.2. The summed E-state index contributed by atoms with van der Waals surface area (Å²) in [5, 5.41) is 14.4. The normalized spacial score (nSPS) is 11.1. The molecule has 3 aromatic rings. The minimum Gasteiger partial charge on any atom is -0.506 e. The number of carbonyl (C=O) groups excluding carboxylic acids is 1. The van der Waals surface area contributed by atoms with Gasteiger partial charge in [-0.1, -0.05) is 46.9 Å². The van der Waals surface area contributed by atoms with E-state index in [2.05, 4.69) is 10.5 Å². The van der Waals surface area contributed by atoms with Crippen LogP contribution in [0, 0.1) is 0 Å². The smallest absolute Gasteiger partial charge is 0.271 e. The van der Waals surface area contributed by atoms with Crippen LogP contribution in [0.5, 0.6) is 23.0 Å². The fourth-order valence-corrected chi connectivity index (χ4v) is 3.71. The molecule has 7 nitrogen and oxygen atoms in total. The SMILES string of the molecule is COc1cc(C=NNC(=O)c2ccc(O)c(Cl)c2)cc(C=CCOc2c(Cl)cccc2Cl)c1OC. The van der Waals surface area contributed by atoms with Crippen LogP contribution in [0.4, 0.5) is 0 Å². The summed E-state index contributed by atoms with van der Waals surface area (Å²) in [5.41, 5.74) is 4.00. The summed E-state index contributed by atoms with van der Waals surface area (Å²) in [6, 6.07) is 12.7. The molecule has 0 aliphatic carbocycles. The van der Waals surface area contributed by atoms with Gasteiger partial charge in [-0.2, -0.15) is 5.10 Å². The summed E-state index contributed by atoms with van der Waals surface area (Å²) in [7, 11) is 3.05. The van der Waals surface area contributed by atoms with Crippen LogP contribution in [0.25, 0.3) is 6.08 Å². The number of hydrazone groups is 1. The van der Waals surface area contributed by atoms with Crippen molar-refractivity contribution in [3.05, 3.63) is 86.4 Å². The Labute approximate surface area is 217 Å². The molecule has 182 valence electrons. The van der Waals surface area contributed by atoms with E-state index in [1.807, 2.05) is 0 Å². The Morgan fingerprint density at radius 3 is 2.40 bits per heavy atom. The number of ether oxygens (including phenoxy) is 3. The van der Waals surface area contributed by atoms with E-state index in [0.29, 0.717) is 38.4 Å². The fraction of sp³-hybridized carbons (Fsp3) is 0.120. The maximum absolute atomic E-state index is 12.3. The van der Waals surface area contributed by atoms with Crippen LogP contribution in [0.2, 0.25) is 15.1 Å². The predicted octanol–water partition coefficient (Wildman–Crippen LogP) is 6.23. The topological polar surface area (TPSA) is 89.4 Å². The fourth-order valence-electron chi connectivity index (χ4n) is 3.02. The number of halogens is 3. The van der Waals surface area contributed by atoms with E-state index >= 15 is 0 Å². The highest BCUT2D eigenvalue weighted by molar-refractivity contribution is 6.37. The number of benzene rings is 3. The van der Waals surface area contributed by atoms with Gasteiger partial charge in [-0.05, 0) is 54.1 Å². The third kappa shape index (κ3) is 6.82. The number of phenols is 1. The zero-order valence-corrected chi connectivity index (χ0v) is 21.0. The molecule has 0 saturated heterocycles. The molecule has 2 N–H and O–H groups in total. The second-order valence-electron chi connectivity index (χ2n) is 6.98. The van der Waals surface area contributed by atoms with Crippen molar-refractivity contribution in [3.8, 4) is 23.0 Å². The predicted molar refractivity (Wildman–Crippen MR) is 139 cm³/mol. The number of phenolic OH excluding ortho intramolecular Hbond substituents is 1. The summed E-state index contributed by atoms with van der Waals surface area (Å²) in [6.07, 6.45) is 5.02. The molecule has 0 unspecified atom stereocenters. The van der Waals surface area contributed by atoms with Crippen LogP contribution in [0.1, 0.15) is 21.5 Å². The molecule has 1 amide bonds. The lowest BCUT2D eigenvalue weighted by Gasteiger charge is -2.12. The summed E-state index contributed by atoms with van der Waals surface area (Å²) >= 11 is 18.1. The van der Waals surface area contributed by atoms with Crippen molar-refractivity contribution in [2.24, 2.45) is 5.10 Å². The first-order valence-electron chi connectivity index (χ1n) is 10.1. The van der Waals surface area contributed by atoms with Gasteiger partial charge in [-0.3, -0.25) is 4.79 Å². The van der Waals surface area contributed by atoms with Crippen LogP contribution in [-0.2, 0) is 0 Å². The average Bonchev–Trinajstić information content (AvgIpc) is 2.84. The Bertz CT molecular complexity index is 1260. The molecule has 0 atom stereocenters. The molecule has 3 rings (SSSR count). The van der Waals surface area contributed by atoms with Crippen molar-refractivity contribution in [1.82, 2.24) is 5.43 Å². The standard InChI is InChI=1S/C25H21Cl3N2O5/c1-33-22-12-15(14-29-30-25(32)17-8-9-21(31)20(28)13-17)11-16(23(22)34-2)5-4-10-35-24-18(26)6-3-7-19(24)27/h3-9,11-14,31H,10H2,1-2H3,(H,30,32). The third-order valence-corrected chi connectivity index (χ3v) is 5.56. The monoisotopic (exact) mass is 534 g/mol. The number of hydrogen-bond donors (Lipinski definition) is 2. The quantitative estimate of drug-likeness (QED) is 0.251. The van der Waals surface area contributed by atoms with Gasteiger partial charge in [0.1, 0.15) is 12.4 Å². The Kier molecular flexibility index (Phi) is 9.25. The van der Waals surface area contributed by atoms with Gasteiger partial charge >= 0.3 is 0 Å². The maximum atomic E-state index is 12.3. The van der Waals surface area contributed by atoms with E-state index in [1.54, 1.807) is 42.5 Å². The number of hydrogen-bond acceptors (Lipinski definition) is 6. The third-order valence-electron chi connectivity index (χ3n) is 4.66. The molecule has 35 heavy (non-hydrogen) atoms. The average molecular weight is 536 g/mol. The number of methoxy groups -OCH3 is 2. The van der Waals surface area contributed by atoms with Crippen LogP contribution in [0.3, 0.4) is 0 Å². The number of amides is 1. The number of carbonyl (C=O) groups is 1. The lowest BCUT2D eigenvalue weighted by atomic mass is 10.1. The van der Waals surface area contributed by atoms with E-state index in [0.717, 1.165) is 0 Å². The lowest BCUT2D eigenvalue weighted by Crippen LogP contribution is -2.17. The van der Waals surface area contributed by atoms with Gasteiger partial charge in [0.05, 0.1) is 35.5 Å². The van der Waals surface area contributed by atoms with E-state index < -0.39 is 5.91 Å². The Morgan fingerprint density at radius 1 is 1.00 bits per heavy atom. The molecule has 0 aliphatic rings. The molecular formula is C25H21Cl3N2O5. The molecule has 10 heteroatoms. The second-order valence-corrected chi connectivity index (χ2v) is 8.20. The van der Waals surface area contributed by atoms with E-state index in [9.17, 15) is 9.90 Å². The Balaban J connectivity index is 1.75. The van der Waals surface area contributed by atoms with E-state index in [4.69, 9.17) is 49.0 Å². The van der Waals surface area contributed by atoms with Crippen LogP contribution in [-0.4, -0.2) is 38.1 Å². The van der Waals surface area contributed by atoms with Gasteiger partial charge in [0.2, 0.25) is 0 Å². The molecule has 0 bridgehead atoms. The largest absolute Gasteiger partial charge is 0.506 e. The van der Waals surface area contributed by atoms with Gasteiger partial charge in [0, 0.05) is 11.1 Å². The maximum Gasteiger partial charge on any atom is 0.271 e. The van der Waals surface area contributed by atoms with Crippen LogP contribution >= 0.6 is 34.8 Å². The van der Waals surface area contributed by atoms with Crippen molar-refractivity contribution >= 4 is 53.0 Å². The lowest BCUT2D eigenvalue weighted by molar-refractivity contribution is 0.0955. The van der Waals surface area contributed by atoms with Crippen molar-refractivity contribution in [3.63, 3.8) is 0 Å². The molecule has 0 saturated carbocycles. The number of para-hydroxylation sites is 1. The van der Waals surface area contributed by atoms with Gasteiger partial charge in [-0.25, -0.2) is 5.43 Å². The first-order chi connectivity index (χ1) is 16.8. The molecule has 0 aliphatic heterocycles. The minimum atomic E-state index is -0.487. The van der Waals surface area contributed by atoms with Crippen LogP contribution < -0.4 is 19.6 Å². The summed E-state index contributed by atoms with van der Waals surface area (Å²) in [4.78, 5) is 12.3. The molecule has 3 aromatic carbocycles. The van der Waals surface area contributed by atoms with Gasteiger partial charge in [0.15, 0.2) is 17.2 Å². The van der Waals surface area contributed by atoms with Crippen molar-refractivity contribution in [2.45, 2.75) is 0 Å². The zero-order chi connectivity index (χ0) is 25.4. The van der Waals surface area contributed by atoms with Gasteiger partial charge in [-0.15, -0.1) is 0 Å². The zero-order valence-electron chi connectivity index (χ0n) is 18.7. The number of aromatic hydroxyl groups is 1. The molecule has 0 fully saturated rings. The van der Waals surface area contributed by atoms with E-state index in [-0.39, 0.29) is 22.9 Å². The highest BCUT2D eigenvalue weighted by Gasteiger charge is 2.11. The minimum absolute atomic E-state index is 0.0683. The summed E-state index contributed by atoms with van der Waals surface area (Å²) in [5.74, 6) is 0.788. The van der Waals surface area contributed by atoms with E-state index in [1.165, 1.54) is 38.6 Å². The van der Waals surface area contributed by atoms with Crippen molar-refractivity contribution < 1.29 is 24.1 Å². The summed E-state index contributed by atoms with van der Waals surface area (Å²) in [6.45, 7) is 0.207. The van der Waals surface area contributed by atoms with Gasteiger partial charge in [0.25, 0.3) is 5.91 Å². The van der Waals surface area contributed by atoms with Crippen molar-refractivity contribution in [2.75, 3.05) is 20.8 Å². The van der Waals surface area contributed by atoms with Gasteiger partial charge < -0.3 is 19.3 Å². The van der Waals surface area contributed by atoms with Crippen LogP contribution in [0.15, 0.2) is 59.7 Å². The highest BCUT2D eigenvalue weighted by atomic mass is 35.5. The summed E-state index contributed by atoms with van der Waals surface area (Å²) < 4.78 is 16.6. The Hall–Kier alpha value is -3.39.